The fourth-order valence-electron chi connectivity index (χ4n) is 2.57. The molecule has 0 spiro atoms. The lowest BCUT2D eigenvalue weighted by molar-refractivity contribution is 0.592. The molecule has 0 amide bonds. The largest absolute Gasteiger partial charge is 0.348 e. The number of para-hydroxylation sites is 2. The molecule has 25 heavy (non-hydrogen) atoms. The van der Waals surface area contributed by atoms with Crippen LogP contribution < -0.4 is 4.90 Å². The Morgan fingerprint density at radius 3 is 2.24 bits per heavy atom. The van der Waals surface area contributed by atoms with Crippen molar-refractivity contribution in [1.82, 2.24) is 14.5 Å². The third-order valence-corrected chi connectivity index (χ3v) is 4.15. The number of rotatable bonds is 2. The van der Waals surface area contributed by atoms with Crippen LogP contribution in [0.2, 0.25) is 0 Å². The first kappa shape index (κ1) is 17.1. The van der Waals surface area contributed by atoms with Gasteiger partial charge in [0.15, 0.2) is 0 Å². The number of anilines is 1. The predicted molar refractivity (Wildman–Crippen MR) is 108 cm³/mol. The second-order valence-corrected chi connectivity index (χ2v) is 6.49. The first-order valence-electron chi connectivity index (χ1n) is 7.99. The van der Waals surface area contributed by atoms with Crippen LogP contribution in [-0.2, 0) is 0 Å². The SMILES string of the molecule is CN(C)C(=Nc1ccccc1)n1c(N(C)C)nc2ccccc2c1=S. The number of hydrogen-bond donors (Lipinski definition) is 0. The van der Waals surface area contributed by atoms with Crippen LogP contribution in [0, 0.1) is 4.64 Å². The van der Waals surface area contributed by atoms with Crippen LogP contribution in [0.5, 0.6) is 0 Å². The first-order valence-corrected chi connectivity index (χ1v) is 8.40. The molecule has 0 saturated heterocycles. The quantitative estimate of drug-likeness (QED) is 0.398. The van der Waals surface area contributed by atoms with Crippen molar-refractivity contribution in [3.63, 3.8) is 0 Å². The molecular weight excluding hydrogens is 330 g/mol. The van der Waals surface area contributed by atoms with Crippen molar-refractivity contribution >= 4 is 40.7 Å². The number of fused-ring (bicyclic) bond motifs is 1. The number of hydrogen-bond acceptors (Lipinski definition) is 4. The van der Waals surface area contributed by atoms with E-state index in [0.717, 1.165) is 28.5 Å². The summed E-state index contributed by atoms with van der Waals surface area (Å²) in [6.07, 6.45) is 0. The first-order chi connectivity index (χ1) is 12.0. The van der Waals surface area contributed by atoms with Crippen LogP contribution in [0.4, 0.5) is 11.6 Å². The van der Waals surface area contributed by atoms with Crippen LogP contribution in [0.15, 0.2) is 59.6 Å². The molecule has 2 aromatic carbocycles. The number of benzene rings is 2. The summed E-state index contributed by atoms with van der Waals surface area (Å²) < 4.78 is 2.61. The molecule has 1 aromatic heterocycles. The smallest absolute Gasteiger partial charge is 0.213 e. The third-order valence-electron chi connectivity index (χ3n) is 3.74. The molecule has 0 aliphatic carbocycles. The Labute approximate surface area is 152 Å². The molecule has 3 rings (SSSR count). The molecule has 0 atom stereocenters. The lowest BCUT2D eigenvalue weighted by atomic mass is 10.2. The maximum atomic E-state index is 5.80. The maximum absolute atomic E-state index is 5.80. The van der Waals surface area contributed by atoms with Crippen LogP contribution in [0.25, 0.3) is 10.9 Å². The number of aliphatic imine (C=N–C) groups is 1. The molecule has 0 unspecified atom stereocenters. The average molecular weight is 351 g/mol. The molecule has 0 saturated carbocycles. The molecule has 128 valence electrons. The van der Waals surface area contributed by atoms with E-state index in [1.165, 1.54) is 0 Å². The zero-order chi connectivity index (χ0) is 18.0. The van der Waals surface area contributed by atoms with Crippen LogP contribution >= 0.6 is 12.2 Å². The van der Waals surface area contributed by atoms with E-state index in [1.807, 2.05) is 97.2 Å². The Morgan fingerprint density at radius 2 is 1.60 bits per heavy atom. The van der Waals surface area contributed by atoms with Gasteiger partial charge >= 0.3 is 0 Å². The van der Waals surface area contributed by atoms with Crippen molar-refractivity contribution in [2.24, 2.45) is 4.99 Å². The normalized spacial score (nSPS) is 11.6. The zero-order valence-electron chi connectivity index (χ0n) is 14.8. The summed E-state index contributed by atoms with van der Waals surface area (Å²) in [5, 5.41) is 0.936. The summed E-state index contributed by atoms with van der Waals surface area (Å²) in [5.74, 6) is 1.46. The highest BCUT2D eigenvalue weighted by molar-refractivity contribution is 7.71. The second-order valence-electron chi connectivity index (χ2n) is 6.11. The Morgan fingerprint density at radius 1 is 0.960 bits per heavy atom. The Balaban J connectivity index is 2.34. The Bertz CT molecular complexity index is 974. The van der Waals surface area contributed by atoms with Crippen molar-refractivity contribution in [2.45, 2.75) is 0 Å². The topological polar surface area (TPSA) is 36.7 Å². The summed E-state index contributed by atoms with van der Waals surface area (Å²) in [6, 6.07) is 17.8. The van der Waals surface area contributed by atoms with Gasteiger partial charge in [0.05, 0.1) is 11.2 Å². The van der Waals surface area contributed by atoms with Crippen LogP contribution in [-0.4, -0.2) is 48.6 Å². The van der Waals surface area contributed by atoms with E-state index < -0.39 is 0 Å². The predicted octanol–water partition coefficient (Wildman–Crippen LogP) is 3.93. The highest BCUT2D eigenvalue weighted by Crippen LogP contribution is 2.21. The fourth-order valence-corrected chi connectivity index (χ4v) is 2.91. The van der Waals surface area contributed by atoms with Gasteiger partial charge in [-0.05, 0) is 24.3 Å². The van der Waals surface area contributed by atoms with E-state index in [9.17, 15) is 0 Å². The highest BCUT2D eigenvalue weighted by Gasteiger charge is 2.16. The molecule has 0 fully saturated rings. The second kappa shape index (κ2) is 7.03. The lowest BCUT2D eigenvalue weighted by Crippen LogP contribution is -2.33. The van der Waals surface area contributed by atoms with Gasteiger partial charge in [-0.2, -0.15) is 0 Å². The maximum Gasteiger partial charge on any atom is 0.213 e. The third kappa shape index (κ3) is 3.39. The molecule has 0 N–H and O–H groups in total. The average Bonchev–Trinajstić information content (AvgIpc) is 2.61. The number of aromatic nitrogens is 2. The zero-order valence-corrected chi connectivity index (χ0v) is 15.7. The molecule has 0 bridgehead atoms. The summed E-state index contributed by atoms with van der Waals surface area (Å²) >= 11 is 5.80. The summed E-state index contributed by atoms with van der Waals surface area (Å²) in [7, 11) is 7.83. The Hall–Kier alpha value is -2.73. The molecule has 0 aliphatic rings. The molecule has 0 radical (unpaired) electrons. The Kier molecular flexibility index (Phi) is 4.81. The minimum Gasteiger partial charge on any atom is -0.348 e. The van der Waals surface area contributed by atoms with Crippen molar-refractivity contribution in [3.05, 3.63) is 59.2 Å². The molecular formula is C19H21N5S. The van der Waals surface area contributed by atoms with Gasteiger partial charge in [0, 0.05) is 33.6 Å². The van der Waals surface area contributed by atoms with Gasteiger partial charge < -0.3 is 9.80 Å². The highest BCUT2D eigenvalue weighted by atomic mass is 32.1. The monoisotopic (exact) mass is 351 g/mol. The minimum atomic E-state index is 0.692. The van der Waals surface area contributed by atoms with Gasteiger partial charge in [0.2, 0.25) is 11.9 Å². The van der Waals surface area contributed by atoms with Gasteiger partial charge in [-0.1, -0.05) is 42.5 Å². The van der Waals surface area contributed by atoms with E-state index in [2.05, 4.69) is 0 Å². The van der Waals surface area contributed by atoms with Gasteiger partial charge in [0.1, 0.15) is 4.64 Å². The van der Waals surface area contributed by atoms with E-state index in [0.29, 0.717) is 4.64 Å². The van der Waals surface area contributed by atoms with Crippen LogP contribution in [0.3, 0.4) is 0 Å². The fraction of sp³-hybridized carbons (Fsp3) is 0.211. The van der Waals surface area contributed by atoms with Crippen molar-refractivity contribution in [3.8, 4) is 0 Å². The van der Waals surface area contributed by atoms with Gasteiger partial charge in [-0.15, -0.1) is 0 Å². The lowest BCUT2D eigenvalue weighted by Gasteiger charge is -2.24. The molecule has 0 aliphatic heterocycles. The van der Waals surface area contributed by atoms with E-state index in [1.54, 1.807) is 0 Å². The summed E-state index contributed by atoms with van der Waals surface area (Å²) in [6.45, 7) is 0. The van der Waals surface area contributed by atoms with E-state index in [4.69, 9.17) is 22.2 Å². The van der Waals surface area contributed by atoms with Crippen molar-refractivity contribution in [2.75, 3.05) is 33.1 Å². The summed E-state index contributed by atoms with van der Waals surface area (Å²) in [5.41, 5.74) is 1.75. The van der Waals surface area contributed by atoms with Gasteiger partial charge in [0.25, 0.3) is 0 Å². The van der Waals surface area contributed by atoms with Crippen LogP contribution in [0.1, 0.15) is 0 Å². The summed E-state index contributed by atoms with van der Waals surface area (Å²) in [4.78, 5) is 13.5. The minimum absolute atomic E-state index is 0.692. The van der Waals surface area contributed by atoms with Gasteiger partial charge in [-0.25, -0.2) is 14.5 Å². The standard InChI is InChI=1S/C19H21N5S/c1-22(2)18(20-14-10-6-5-7-11-14)24-17(25)15-12-8-9-13-16(15)21-19(24)23(3)4/h5-13H,1-4H3. The van der Waals surface area contributed by atoms with E-state index in [-0.39, 0.29) is 0 Å². The van der Waals surface area contributed by atoms with E-state index >= 15 is 0 Å². The molecule has 6 heteroatoms. The van der Waals surface area contributed by atoms with Crippen molar-refractivity contribution in [1.29, 1.82) is 0 Å². The number of nitrogens with zero attached hydrogens (tertiary/aromatic N) is 5. The van der Waals surface area contributed by atoms with Crippen molar-refractivity contribution < 1.29 is 0 Å². The molecule has 5 nitrogen and oxygen atoms in total. The van der Waals surface area contributed by atoms with Gasteiger partial charge in [-0.3, -0.25) is 0 Å². The molecule has 1 heterocycles. The molecule has 3 aromatic rings.